The maximum absolute atomic E-state index is 14.1. The zero-order chi connectivity index (χ0) is 15.4. The van der Waals surface area contributed by atoms with E-state index < -0.39 is 0 Å². The Kier molecular flexibility index (Phi) is 5.31. The minimum Gasteiger partial charge on any atom is -0.496 e. The molecule has 112 valence electrons. The van der Waals surface area contributed by atoms with Gasteiger partial charge in [0.05, 0.1) is 7.11 Å². The number of halogens is 3. The van der Waals surface area contributed by atoms with Crippen molar-refractivity contribution in [3.05, 3.63) is 63.6 Å². The van der Waals surface area contributed by atoms with Gasteiger partial charge < -0.3 is 10.1 Å². The van der Waals surface area contributed by atoms with Gasteiger partial charge in [-0.05, 0) is 43.3 Å². The highest BCUT2D eigenvalue weighted by atomic mass is 79.9. The van der Waals surface area contributed by atoms with Crippen LogP contribution in [0.25, 0.3) is 0 Å². The summed E-state index contributed by atoms with van der Waals surface area (Å²) in [7, 11) is 3.27. The van der Waals surface area contributed by atoms with Gasteiger partial charge in [-0.3, -0.25) is 0 Å². The summed E-state index contributed by atoms with van der Waals surface area (Å²) in [6.45, 7) is 0. The number of methoxy groups -OCH3 is 1. The van der Waals surface area contributed by atoms with Crippen molar-refractivity contribution in [2.24, 2.45) is 0 Å². The summed E-state index contributed by atoms with van der Waals surface area (Å²) in [5, 5.41) is 3.09. The van der Waals surface area contributed by atoms with E-state index in [1.54, 1.807) is 25.2 Å². The van der Waals surface area contributed by atoms with Crippen molar-refractivity contribution in [3.8, 4) is 5.75 Å². The van der Waals surface area contributed by atoms with Gasteiger partial charge in [0.2, 0.25) is 0 Å². The van der Waals surface area contributed by atoms with Crippen LogP contribution in [0.4, 0.5) is 8.78 Å². The molecule has 0 aromatic heterocycles. The van der Waals surface area contributed by atoms with E-state index in [9.17, 15) is 8.78 Å². The van der Waals surface area contributed by atoms with Crippen LogP contribution in [0.3, 0.4) is 0 Å². The summed E-state index contributed by atoms with van der Waals surface area (Å²) in [4.78, 5) is 0. The number of benzene rings is 2. The Morgan fingerprint density at radius 1 is 1.24 bits per heavy atom. The van der Waals surface area contributed by atoms with Gasteiger partial charge in [0, 0.05) is 16.1 Å². The summed E-state index contributed by atoms with van der Waals surface area (Å²) in [6, 6.07) is 8.95. The largest absolute Gasteiger partial charge is 0.496 e. The van der Waals surface area contributed by atoms with E-state index in [4.69, 9.17) is 4.74 Å². The van der Waals surface area contributed by atoms with Crippen LogP contribution in [0.15, 0.2) is 40.9 Å². The molecular weight excluding hydrogens is 340 g/mol. The zero-order valence-corrected chi connectivity index (χ0v) is 13.4. The zero-order valence-electron chi connectivity index (χ0n) is 11.8. The predicted octanol–water partition coefficient (Wildman–Crippen LogP) is 4.24. The summed E-state index contributed by atoms with van der Waals surface area (Å²) in [5.74, 6) is -0.144. The number of nitrogens with one attached hydrogen (secondary N) is 1. The van der Waals surface area contributed by atoms with Crippen molar-refractivity contribution in [2.45, 2.75) is 12.5 Å². The molecule has 0 heterocycles. The van der Waals surface area contributed by atoms with Crippen LogP contribution < -0.4 is 10.1 Å². The van der Waals surface area contributed by atoms with Gasteiger partial charge in [-0.15, -0.1) is 0 Å². The molecule has 0 spiro atoms. The lowest BCUT2D eigenvalue weighted by atomic mass is 9.97. The fourth-order valence-electron chi connectivity index (χ4n) is 2.29. The molecule has 1 N–H and O–H groups in total. The second kappa shape index (κ2) is 7.00. The van der Waals surface area contributed by atoms with Gasteiger partial charge in [-0.25, -0.2) is 8.78 Å². The van der Waals surface area contributed by atoms with E-state index >= 15 is 0 Å². The normalized spacial score (nSPS) is 12.2. The van der Waals surface area contributed by atoms with Gasteiger partial charge in [-0.2, -0.15) is 0 Å². The molecule has 0 aliphatic carbocycles. The van der Waals surface area contributed by atoms with Crippen LogP contribution in [0.5, 0.6) is 5.75 Å². The fourth-order valence-corrected chi connectivity index (χ4v) is 2.80. The smallest absolute Gasteiger partial charge is 0.131 e. The quantitative estimate of drug-likeness (QED) is 0.865. The van der Waals surface area contributed by atoms with Gasteiger partial charge in [0.25, 0.3) is 0 Å². The average Bonchev–Trinajstić information content (AvgIpc) is 2.47. The van der Waals surface area contributed by atoms with Crippen molar-refractivity contribution >= 4 is 15.9 Å². The first-order chi connectivity index (χ1) is 10.1. The Morgan fingerprint density at radius 3 is 2.62 bits per heavy atom. The van der Waals surface area contributed by atoms with Crippen molar-refractivity contribution in [3.63, 3.8) is 0 Å². The summed E-state index contributed by atoms with van der Waals surface area (Å²) >= 11 is 3.34. The topological polar surface area (TPSA) is 21.3 Å². The third-order valence-electron chi connectivity index (χ3n) is 3.37. The standard InChI is InChI=1S/C16H16BrF2NO/c1-20-14(8-10-6-7-11(18)9-12(10)17)16-13(19)4-3-5-15(16)21-2/h3-7,9,14,20H,8H2,1-2H3. The number of hydrogen-bond acceptors (Lipinski definition) is 2. The lowest BCUT2D eigenvalue weighted by molar-refractivity contribution is 0.393. The summed E-state index contributed by atoms with van der Waals surface area (Å²) in [5.41, 5.74) is 1.36. The molecule has 2 rings (SSSR count). The molecule has 0 saturated heterocycles. The molecule has 2 aromatic carbocycles. The van der Waals surface area contributed by atoms with Gasteiger partial charge in [0.15, 0.2) is 0 Å². The average molecular weight is 356 g/mol. The molecule has 21 heavy (non-hydrogen) atoms. The first-order valence-corrected chi connectivity index (χ1v) is 7.29. The van der Waals surface area contributed by atoms with E-state index in [-0.39, 0.29) is 17.7 Å². The second-order valence-electron chi connectivity index (χ2n) is 4.64. The Labute approximate surface area is 131 Å². The van der Waals surface area contributed by atoms with Gasteiger partial charge in [0.1, 0.15) is 17.4 Å². The SMILES string of the molecule is CNC(Cc1ccc(F)cc1Br)c1c(F)cccc1OC. The molecule has 2 nitrogen and oxygen atoms in total. The van der Waals surface area contributed by atoms with Crippen molar-refractivity contribution in [1.29, 1.82) is 0 Å². The highest BCUT2D eigenvalue weighted by Gasteiger charge is 2.20. The van der Waals surface area contributed by atoms with E-state index in [1.807, 2.05) is 0 Å². The van der Waals surface area contributed by atoms with E-state index in [0.717, 1.165) is 5.56 Å². The lowest BCUT2D eigenvalue weighted by Crippen LogP contribution is -2.21. The summed E-state index contributed by atoms with van der Waals surface area (Å²) < 4.78 is 33.2. The maximum atomic E-state index is 14.1. The molecule has 0 aliphatic heterocycles. The Bertz CT molecular complexity index is 634. The van der Waals surface area contributed by atoms with Gasteiger partial charge in [-0.1, -0.05) is 28.1 Å². The number of likely N-dealkylation sites (N-methyl/N-ethyl adjacent to an activating group) is 1. The molecule has 0 radical (unpaired) electrons. The summed E-state index contributed by atoms with van der Waals surface area (Å²) in [6.07, 6.45) is 0.509. The second-order valence-corrected chi connectivity index (χ2v) is 5.49. The van der Waals surface area contributed by atoms with E-state index in [0.29, 0.717) is 22.2 Å². The number of hydrogen-bond donors (Lipinski definition) is 1. The third-order valence-corrected chi connectivity index (χ3v) is 4.11. The monoisotopic (exact) mass is 355 g/mol. The Hall–Kier alpha value is -1.46. The minimum absolute atomic E-state index is 0.275. The van der Waals surface area contributed by atoms with Crippen LogP contribution >= 0.6 is 15.9 Å². The van der Waals surface area contributed by atoms with E-state index in [2.05, 4.69) is 21.2 Å². The molecule has 0 amide bonds. The van der Waals surface area contributed by atoms with E-state index in [1.165, 1.54) is 25.3 Å². The molecule has 1 atom stereocenters. The Morgan fingerprint density at radius 2 is 2.00 bits per heavy atom. The molecular formula is C16H16BrF2NO. The van der Waals surface area contributed by atoms with Crippen LogP contribution in [0, 0.1) is 11.6 Å². The molecule has 0 fully saturated rings. The van der Waals surface area contributed by atoms with Crippen LogP contribution in [-0.4, -0.2) is 14.2 Å². The molecule has 1 unspecified atom stereocenters. The first-order valence-electron chi connectivity index (χ1n) is 6.50. The predicted molar refractivity (Wildman–Crippen MR) is 82.6 cm³/mol. The van der Waals surface area contributed by atoms with Crippen molar-refractivity contribution in [1.82, 2.24) is 5.32 Å². The lowest BCUT2D eigenvalue weighted by Gasteiger charge is -2.20. The molecule has 5 heteroatoms. The Balaban J connectivity index is 2.36. The molecule has 0 aliphatic rings. The maximum Gasteiger partial charge on any atom is 0.131 e. The van der Waals surface area contributed by atoms with Crippen molar-refractivity contribution in [2.75, 3.05) is 14.2 Å². The minimum atomic E-state index is -0.327. The van der Waals surface area contributed by atoms with Crippen LogP contribution in [0.1, 0.15) is 17.2 Å². The molecule has 0 bridgehead atoms. The van der Waals surface area contributed by atoms with Crippen LogP contribution in [-0.2, 0) is 6.42 Å². The molecule has 0 saturated carbocycles. The third kappa shape index (κ3) is 3.60. The number of rotatable bonds is 5. The van der Waals surface area contributed by atoms with Gasteiger partial charge >= 0.3 is 0 Å². The van der Waals surface area contributed by atoms with Crippen LogP contribution in [0.2, 0.25) is 0 Å². The highest BCUT2D eigenvalue weighted by Crippen LogP contribution is 2.31. The number of ether oxygens (including phenoxy) is 1. The molecule has 2 aromatic rings. The first kappa shape index (κ1) is 15.9. The fraction of sp³-hybridized carbons (Fsp3) is 0.250. The highest BCUT2D eigenvalue weighted by molar-refractivity contribution is 9.10. The van der Waals surface area contributed by atoms with Crippen molar-refractivity contribution < 1.29 is 13.5 Å².